The minimum Gasteiger partial charge on any atom is -0.258 e. The Labute approximate surface area is 83.9 Å². The van der Waals surface area contributed by atoms with Gasteiger partial charge < -0.3 is 0 Å². The molecule has 0 saturated heterocycles. The van der Waals surface area contributed by atoms with E-state index in [0.717, 1.165) is 5.56 Å². The predicted molar refractivity (Wildman–Crippen MR) is 56.3 cm³/mol. The fourth-order valence-electron chi connectivity index (χ4n) is 1.40. The van der Waals surface area contributed by atoms with Gasteiger partial charge >= 0.3 is 0 Å². The van der Waals surface area contributed by atoms with Gasteiger partial charge in [-0.3, -0.25) is 10.1 Å². The molecule has 0 aliphatic heterocycles. The molecule has 0 aliphatic carbocycles. The molecule has 0 spiro atoms. The molecule has 0 bridgehead atoms. The van der Waals surface area contributed by atoms with Crippen molar-refractivity contribution in [2.24, 2.45) is 5.92 Å². The zero-order chi connectivity index (χ0) is 10.7. The highest BCUT2D eigenvalue weighted by molar-refractivity contribution is 5.42. The van der Waals surface area contributed by atoms with E-state index in [1.165, 1.54) is 0 Å². The number of para-hydroxylation sites is 1. The minimum absolute atomic E-state index is 0.219. The summed E-state index contributed by atoms with van der Waals surface area (Å²) in [6, 6.07) is 6.95. The molecule has 0 saturated carbocycles. The third-order valence-corrected chi connectivity index (χ3v) is 2.62. The molecular weight excluding hydrogens is 178 g/mol. The second kappa shape index (κ2) is 4.22. The molecule has 3 nitrogen and oxygen atoms in total. The molecule has 0 aromatic heterocycles. The third kappa shape index (κ3) is 2.10. The highest BCUT2D eigenvalue weighted by Crippen LogP contribution is 2.30. The van der Waals surface area contributed by atoms with Gasteiger partial charge in [0.05, 0.1) is 4.92 Å². The first-order chi connectivity index (χ1) is 6.54. The van der Waals surface area contributed by atoms with Gasteiger partial charge in [0.1, 0.15) is 0 Å². The lowest BCUT2D eigenvalue weighted by Crippen LogP contribution is -2.05. The van der Waals surface area contributed by atoms with Gasteiger partial charge in [0.2, 0.25) is 0 Å². The van der Waals surface area contributed by atoms with Crippen molar-refractivity contribution < 1.29 is 4.92 Å². The van der Waals surface area contributed by atoms with Crippen molar-refractivity contribution in [3.8, 4) is 0 Å². The quantitative estimate of drug-likeness (QED) is 0.545. The number of benzene rings is 1. The van der Waals surface area contributed by atoms with Crippen LogP contribution in [-0.4, -0.2) is 4.92 Å². The fraction of sp³-hybridized carbons (Fsp3) is 0.455. The van der Waals surface area contributed by atoms with Gasteiger partial charge in [0, 0.05) is 11.6 Å². The van der Waals surface area contributed by atoms with Gasteiger partial charge in [0.15, 0.2) is 0 Å². The van der Waals surface area contributed by atoms with E-state index in [2.05, 4.69) is 13.8 Å². The summed E-state index contributed by atoms with van der Waals surface area (Å²) >= 11 is 0. The molecule has 0 aliphatic rings. The molecule has 0 fully saturated rings. The van der Waals surface area contributed by atoms with Crippen LogP contribution in [0.3, 0.4) is 0 Å². The first kappa shape index (κ1) is 10.7. The van der Waals surface area contributed by atoms with E-state index in [0.29, 0.717) is 5.92 Å². The average Bonchev–Trinajstić information content (AvgIpc) is 2.16. The normalized spacial score (nSPS) is 12.9. The molecule has 1 unspecified atom stereocenters. The van der Waals surface area contributed by atoms with Gasteiger partial charge in [0.25, 0.3) is 5.69 Å². The van der Waals surface area contributed by atoms with Crippen molar-refractivity contribution in [3.63, 3.8) is 0 Å². The SMILES string of the molecule is CC(C)C(C)c1ccccc1[N+](=O)[O-]. The predicted octanol–water partition coefficient (Wildman–Crippen LogP) is 3.35. The van der Waals surface area contributed by atoms with E-state index in [-0.39, 0.29) is 16.5 Å². The Morgan fingerprint density at radius 2 is 1.79 bits per heavy atom. The van der Waals surface area contributed by atoms with Gasteiger partial charge in [-0.05, 0) is 11.8 Å². The molecule has 0 radical (unpaired) electrons. The van der Waals surface area contributed by atoms with E-state index in [1.807, 2.05) is 19.1 Å². The maximum absolute atomic E-state index is 10.8. The lowest BCUT2D eigenvalue weighted by atomic mass is 9.89. The number of nitrogens with zero attached hydrogens (tertiary/aromatic N) is 1. The summed E-state index contributed by atoms with van der Waals surface area (Å²) in [5, 5.41) is 10.8. The van der Waals surface area contributed by atoms with Gasteiger partial charge in [-0.2, -0.15) is 0 Å². The van der Waals surface area contributed by atoms with Crippen molar-refractivity contribution >= 4 is 5.69 Å². The van der Waals surface area contributed by atoms with Crippen molar-refractivity contribution in [2.45, 2.75) is 26.7 Å². The number of hydrogen-bond acceptors (Lipinski definition) is 2. The Kier molecular flexibility index (Phi) is 3.23. The van der Waals surface area contributed by atoms with Crippen molar-refractivity contribution in [1.82, 2.24) is 0 Å². The summed E-state index contributed by atoms with van der Waals surface area (Å²) in [5.74, 6) is 0.632. The van der Waals surface area contributed by atoms with Crippen LogP contribution < -0.4 is 0 Å². The second-order valence-electron chi connectivity index (χ2n) is 3.85. The third-order valence-electron chi connectivity index (χ3n) is 2.62. The zero-order valence-electron chi connectivity index (χ0n) is 8.73. The molecule has 1 atom stereocenters. The molecule has 76 valence electrons. The summed E-state index contributed by atoms with van der Waals surface area (Å²) in [7, 11) is 0. The molecule has 1 aromatic carbocycles. The Balaban J connectivity index is 3.13. The highest BCUT2D eigenvalue weighted by atomic mass is 16.6. The molecule has 0 heterocycles. The average molecular weight is 193 g/mol. The lowest BCUT2D eigenvalue weighted by molar-refractivity contribution is -0.385. The zero-order valence-corrected chi connectivity index (χ0v) is 8.73. The number of rotatable bonds is 3. The molecule has 1 rings (SSSR count). The van der Waals surface area contributed by atoms with Gasteiger partial charge in [-0.15, -0.1) is 0 Å². The number of hydrogen-bond donors (Lipinski definition) is 0. The van der Waals surface area contributed by atoms with Crippen LogP contribution in [0, 0.1) is 16.0 Å². The Bertz CT molecular complexity index is 334. The van der Waals surface area contributed by atoms with Crippen LogP contribution in [0.2, 0.25) is 0 Å². The fourth-order valence-corrected chi connectivity index (χ4v) is 1.40. The van der Waals surface area contributed by atoms with E-state index in [9.17, 15) is 10.1 Å². The Morgan fingerprint density at radius 3 is 2.29 bits per heavy atom. The van der Waals surface area contributed by atoms with Crippen molar-refractivity contribution in [2.75, 3.05) is 0 Å². The monoisotopic (exact) mass is 193 g/mol. The molecule has 3 heteroatoms. The summed E-state index contributed by atoms with van der Waals surface area (Å²) in [6.07, 6.45) is 0. The first-order valence-electron chi connectivity index (χ1n) is 4.77. The molecule has 14 heavy (non-hydrogen) atoms. The van der Waals surface area contributed by atoms with Crippen molar-refractivity contribution in [3.05, 3.63) is 39.9 Å². The highest BCUT2D eigenvalue weighted by Gasteiger charge is 2.19. The Morgan fingerprint density at radius 1 is 1.21 bits per heavy atom. The molecular formula is C11H15NO2. The molecule has 0 N–H and O–H groups in total. The maximum atomic E-state index is 10.8. The standard InChI is InChI=1S/C11H15NO2/c1-8(2)9(3)10-6-4-5-7-11(10)12(13)14/h4-9H,1-3H3. The van der Waals surface area contributed by atoms with Crippen LogP contribution in [0.25, 0.3) is 0 Å². The Hall–Kier alpha value is -1.38. The van der Waals surface area contributed by atoms with Crippen LogP contribution in [0.5, 0.6) is 0 Å². The van der Waals surface area contributed by atoms with Crippen LogP contribution in [0.1, 0.15) is 32.3 Å². The molecule has 0 amide bonds. The van der Waals surface area contributed by atoms with Gasteiger partial charge in [-0.25, -0.2) is 0 Å². The number of nitro groups is 1. The number of nitro benzene ring substituents is 1. The summed E-state index contributed by atoms with van der Waals surface area (Å²) in [4.78, 5) is 10.4. The van der Waals surface area contributed by atoms with E-state index in [1.54, 1.807) is 12.1 Å². The molecule has 1 aromatic rings. The van der Waals surface area contributed by atoms with Crippen molar-refractivity contribution in [1.29, 1.82) is 0 Å². The summed E-state index contributed by atoms with van der Waals surface area (Å²) in [5.41, 5.74) is 1.06. The van der Waals surface area contributed by atoms with E-state index >= 15 is 0 Å². The smallest absolute Gasteiger partial charge is 0.258 e. The maximum Gasteiger partial charge on any atom is 0.272 e. The van der Waals surface area contributed by atoms with Crippen LogP contribution in [-0.2, 0) is 0 Å². The van der Waals surface area contributed by atoms with E-state index in [4.69, 9.17) is 0 Å². The van der Waals surface area contributed by atoms with Crippen LogP contribution in [0.15, 0.2) is 24.3 Å². The van der Waals surface area contributed by atoms with Crippen LogP contribution in [0.4, 0.5) is 5.69 Å². The topological polar surface area (TPSA) is 43.1 Å². The minimum atomic E-state index is -0.311. The van der Waals surface area contributed by atoms with Gasteiger partial charge in [-0.1, -0.05) is 39.0 Å². The first-order valence-corrected chi connectivity index (χ1v) is 4.77. The van der Waals surface area contributed by atoms with Crippen LogP contribution >= 0.6 is 0 Å². The lowest BCUT2D eigenvalue weighted by Gasteiger charge is -2.15. The second-order valence-corrected chi connectivity index (χ2v) is 3.85. The summed E-state index contributed by atoms with van der Waals surface area (Å²) < 4.78 is 0. The van der Waals surface area contributed by atoms with E-state index < -0.39 is 0 Å². The summed E-state index contributed by atoms with van der Waals surface area (Å²) in [6.45, 7) is 6.16. The largest absolute Gasteiger partial charge is 0.272 e.